The molecule has 5 heteroatoms. The van der Waals surface area contributed by atoms with Crippen LogP contribution in [-0.4, -0.2) is 20.6 Å². The molecule has 0 saturated heterocycles. The molecule has 0 fully saturated rings. The maximum atomic E-state index is 11.6. The number of carbonyl (C=O) groups excluding carboxylic acids is 1. The summed E-state index contributed by atoms with van der Waals surface area (Å²) in [5.74, 6) is -0.263. The number of sulfonamides is 1. The van der Waals surface area contributed by atoms with E-state index in [1.807, 2.05) is 0 Å². The van der Waals surface area contributed by atoms with Gasteiger partial charge in [-0.15, -0.1) is 6.58 Å². The zero-order valence-electron chi connectivity index (χ0n) is 8.04. The third-order valence-corrected chi connectivity index (χ3v) is 3.29. The first kappa shape index (κ1) is 11.5. The maximum absolute atomic E-state index is 11.6. The average Bonchev–Trinajstić information content (AvgIpc) is 2.19. The minimum atomic E-state index is -3.63. The Labute approximate surface area is 88.9 Å². The highest BCUT2D eigenvalue weighted by atomic mass is 32.2. The summed E-state index contributed by atoms with van der Waals surface area (Å²) in [7, 11) is -3.63. The number of anilines is 1. The van der Waals surface area contributed by atoms with Gasteiger partial charge in [0.1, 0.15) is 0 Å². The molecule has 0 aromatic heterocycles. The quantitative estimate of drug-likeness (QED) is 0.558. The number of rotatable bonds is 5. The lowest BCUT2D eigenvalue weighted by Crippen LogP contribution is -2.31. The molecule has 15 heavy (non-hydrogen) atoms. The lowest BCUT2D eigenvalue weighted by molar-refractivity contribution is -0.106. The fourth-order valence-electron chi connectivity index (χ4n) is 1.09. The van der Waals surface area contributed by atoms with Crippen LogP contribution in [0.25, 0.3) is 0 Å². The van der Waals surface area contributed by atoms with E-state index in [4.69, 9.17) is 0 Å². The first-order chi connectivity index (χ1) is 7.11. The van der Waals surface area contributed by atoms with Crippen LogP contribution in [-0.2, 0) is 14.8 Å². The second-order valence-electron chi connectivity index (χ2n) is 2.80. The van der Waals surface area contributed by atoms with E-state index in [-0.39, 0.29) is 12.2 Å². The Kier molecular flexibility index (Phi) is 3.62. The number of hydrogen-bond acceptors (Lipinski definition) is 3. The van der Waals surface area contributed by atoms with Crippen LogP contribution < -0.4 is 4.31 Å². The minimum Gasteiger partial charge on any atom is -0.277 e. The molecule has 4 nitrogen and oxygen atoms in total. The normalized spacial score (nSPS) is 10.7. The summed E-state index contributed by atoms with van der Waals surface area (Å²) >= 11 is 0. The summed E-state index contributed by atoms with van der Waals surface area (Å²) in [5, 5.41) is 0. The molecular weight excluding hydrogens is 214 g/mol. The van der Waals surface area contributed by atoms with Crippen LogP contribution in [0.4, 0.5) is 5.69 Å². The highest BCUT2D eigenvalue weighted by Gasteiger charge is 2.19. The van der Waals surface area contributed by atoms with E-state index in [1.54, 1.807) is 30.3 Å². The van der Waals surface area contributed by atoms with Gasteiger partial charge in [0.05, 0.1) is 11.4 Å². The smallest absolute Gasteiger partial charge is 0.245 e. The summed E-state index contributed by atoms with van der Waals surface area (Å²) < 4.78 is 23.9. The Morgan fingerprint density at radius 2 is 1.87 bits per heavy atom. The maximum Gasteiger partial charge on any atom is 0.245 e. The zero-order valence-corrected chi connectivity index (χ0v) is 8.85. The van der Waals surface area contributed by atoms with Gasteiger partial charge in [-0.3, -0.25) is 4.79 Å². The molecule has 0 heterocycles. The van der Waals surface area contributed by atoms with Crippen molar-refractivity contribution in [1.82, 2.24) is 0 Å². The van der Waals surface area contributed by atoms with Crippen molar-refractivity contribution in [3.63, 3.8) is 0 Å². The molecule has 0 aliphatic rings. The van der Waals surface area contributed by atoms with Crippen molar-refractivity contribution in [2.45, 2.75) is 0 Å². The van der Waals surface area contributed by atoms with E-state index in [0.717, 1.165) is 0 Å². The van der Waals surface area contributed by atoms with Gasteiger partial charge in [0.15, 0.2) is 0 Å². The Morgan fingerprint density at radius 3 is 2.33 bits per heavy atom. The van der Waals surface area contributed by atoms with Crippen LogP contribution in [0.5, 0.6) is 0 Å². The van der Waals surface area contributed by atoms with Gasteiger partial charge in [0.25, 0.3) is 0 Å². The molecule has 0 bridgehead atoms. The molecule has 0 radical (unpaired) electrons. The second kappa shape index (κ2) is 4.75. The predicted molar refractivity (Wildman–Crippen MR) is 59.0 cm³/mol. The third-order valence-electron chi connectivity index (χ3n) is 1.73. The van der Waals surface area contributed by atoms with E-state index in [1.165, 1.54) is 6.08 Å². The topological polar surface area (TPSA) is 54.5 Å². The van der Waals surface area contributed by atoms with E-state index >= 15 is 0 Å². The number of amides is 1. The van der Waals surface area contributed by atoms with Crippen LogP contribution >= 0.6 is 0 Å². The van der Waals surface area contributed by atoms with Crippen LogP contribution in [0.2, 0.25) is 0 Å². The summed E-state index contributed by atoms with van der Waals surface area (Å²) in [5.41, 5.74) is 0.328. The van der Waals surface area contributed by atoms with E-state index in [2.05, 4.69) is 6.58 Å². The fourth-order valence-corrected chi connectivity index (χ4v) is 2.12. The van der Waals surface area contributed by atoms with Crippen LogP contribution in [0.1, 0.15) is 0 Å². The molecule has 0 atom stereocenters. The van der Waals surface area contributed by atoms with Gasteiger partial charge in [0, 0.05) is 0 Å². The molecule has 0 spiro atoms. The van der Waals surface area contributed by atoms with E-state index in [0.29, 0.717) is 9.99 Å². The monoisotopic (exact) mass is 225 g/mol. The van der Waals surface area contributed by atoms with Gasteiger partial charge < -0.3 is 0 Å². The highest BCUT2D eigenvalue weighted by molar-refractivity contribution is 7.93. The standard InChI is InChI=1S/C10H11NO3S/c1-2-8-15(13,14)11(9-12)10-6-4-3-5-7-10/h2-7,9H,1,8H2. The predicted octanol–water partition coefficient (Wildman–Crippen LogP) is 1.17. The van der Waals surface area contributed by atoms with Crippen molar-refractivity contribution in [1.29, 1.82) is 0 Å². The van der Waals surface area contributed by atoms with E-state index in [9.17, 15) is 13.2 Å². The summed E-state index contributed by atoms with van der Waals surface area (Å²) in [6.45, 7) is 3.33. The van der Waals surface area contributed by atoms with Crippen LogP contribution in [0.15, 0.2) is 43.0 Å². The molecule has 0 unspecified atom stereocenters. The first-order valence-electron chi connectivity index (χ1n) is 4.25. The average molecular weight is 225 g/mol. The summed E-state index contributed by atoms with van der Waals surface area (Å²) in [6.07, 6.45) is 1.53. The molecule has 1 amide bonds. The molecule has 0 N–H and O–H groups in total. The molecule has 1 rings (SSSR count). The number of carbonyl (C=O) groups is 1. The lowest BCUT2D eigenvalue weighted by atomic mass is 10.3. The largest absolute Gasteiger partial charge is 0.277 e. The molecule has 0 aliphatic heterocycles. The highest BCUT2D eigenvalue weighted by Crippen LogP contribution is 2.15. The molecule has 1 aromatic rings. The second-order valence-corrected chi connectivity index (χ2v) is 4.69. The van der Waals surface area contributed by atoms with Crippen molar-refractivity contribution >= 4 is 22.1 Å². The van der Waals surface area contributed by atoms with Crippen LogP contribution in [0, 0.1) is 0 Å². The molecular formula is C10H11NO3S. The first-order valence-corrected chi connectivity index (χ1v) is 5.86. The number of para-hydroxylation sites is 1. The van der Waals surface area contributed by atoms with Crippen molar-refractivity contribution in [3.8, 4) is 0 Å². The van der Waals surface area contributed by atoms with E-state index < -0.39 is 10.0 Å². The molecule has 1 aromatic carbocycles. The number of benzene rings is 1. The summed E-state index contributed by atoms with van der Waals surface area (Å²) in [4.78, 5) is 10.7. The number of nitrogens with zero attached hydrogens (tertiary/aromatic N) is 1. The van der Waals surface area contributed by atoms with Crippen molar-refractivity contribution in [2.24, 2.45) is 0 Å². The van der Waals surface area contributed by atoms with Gasteiger partial charge in [-0.2, -0.15) is 0 Å². The SMILES string of the molecule is C=CCS(=O)(=O)N(C=O)c1ccccc1. The van der Waals surface area contributed by atoms with Gasteiger partial charge in [-0.05, 0) is 12.1 Å². The van der Waals surface area contributed by atoms with Crippen LogP contribution in [0.3, 0.4) is 0 Å². The minimum absolute atomic E-state index is 0.263. The van der Waals surface area contributed by atoms with Gasteiger partial charge in [-0.25, -0.2) is 12.7 Å². The third kappa shape index (κ3) is 2.66. The Hall–Kier alpha value is -1.62. The van der Waals surface area contributed by atoms with Crippen molar-refractivity contribution in [3.05, 3.63) is 43.0 Å². The van der Waals surface area contributed by atoms with Crippen molar-refractivity contribution < 1.29 is 13.2 Å². The Bertz CT molecular complexity index is 439. The Balaban J connectivity index is 3.10. The van der Waals surface area contributed by atoms with Gasteiger partial charge in [-0.1, -0.05) is 24.3 Å². The molecule has 0 aliphatic carbocycles. The number of hydrogen-bond donors (Lipinski definition) is 0. The van der Waals surface area contributed by atoms with Gasteiger partial charge in [0.2, 0.25) is 16.4 Å². The van der Waals surface area contributed by atoms with Gasteiger partial charge >= 0.3 is 0 Å². The molecule has 80 valence electrons. The zero-order chi connectivity index (χ0) is 11.3. The lowest BCUT2D eigenvalue weighted by Gasteiger charge is -2.16. The molecule has 0 saturated carbocycles. The van der Waals surface area contributed by atoms with Crippen molar-refractivity contribution in [2.75, 3.05) is 10.1 Å². The Morgan fingerprint density at radius 1 is 1.27 bits per heavy atom. The summed E-state index contributed by atoms with van der Waals surface area (Å²) in [6, 6.07) is 8.17. The fraction of sp³-hybridized carbons (Fsp3) is 0.100.